The third-order valence-corrected chi connectivity index (χ3v) is 5.40. The number of rotatable bonds is 10. The molecule has 0 bridgehead atoms. The Hall–Kier alpha value is -3.06. The Labute approximate surface area is 181 Å². The molecule has 0 unspecified atom stereocenters. The highest BCUT2D eigenvalue weighted by Crippen LogP contribution is 2.31. The van der Waals surface area contributed by atoms with Crippen LogP contribution in [-0.4, -0.2) is 33.0 Å². The Bertz CT molecular complexity index is 999. The number of thioether (sulfide) groups is 1. The van der Waals surface area contributed by atoms with Crippen LogP contribution in [0.2, 0.25) is 0 Å². The van der Waals surface area contributed by atoms with E-state index in [1.807, 2.05) is 60.0 Å². The normalized spacial score (nSPS) is 10.6. The second-order valence-electron chi connectivity index (χ2n) is 6.52. The molecular weight excluding hydrogens is 396 g/mol. The number of hydrogen-bond donors (Lipinski definition) is 1. The number of amides is 1. The van der Waals surface area contributed by atoms with Gasteiger partial charge in [-0.3, -0.25) is 9.36 Å². The van der Waals surface area contributed by atoms with E-state index in [-0.39, 0.29) is 11.7 Å². The first-order chi connectivity index (χ1) is 14.7. The lowest BCUT2D eigenvalue weighted by atomic mass is 10.1. The van der Waals surface area contributed by atoms with Crippen molar-refractivity contribution in [1.29, 1.82) is 0 Å². The van der Waals surface area contributed by atoms with Crippen LogP contribution in [-0.2, 0) is 17.8 Å². The Morgan fingerprint density at radius 2 is 1.93 bits per heavy atom. The molecule has 1 aromatic heterocycles. The molecule has 0 spiro atoms. The van der Waals surface area contributed by atoms with E-state index in [1.165, 1.54) is 17.3 Å². The van der Waals surface area contributed by atoms with Crippen molar-refractivity contribution >= 4 is 23.4 Å². The summed E-state index contributed by atoms with van der Waals surface area (Å²) in [7, 11) is 0. The van der Waals surface area contributed by atoms with E-state index in [2.05, 4.69) is 29.0 Å². The predicted octanol–water partition coefficient (Wildman–Crippen LogP) is 4.82. The molecule has 0 aliphatic carbocycles. The van der Waals surface area contributed by atoms with Gasteiger partial charge >= 0.3 is 0 Å². The number of nitrogens with one attached hydrogen (secondary N) is 1. The first kappa shape index (κ1) is 21.6. The molecule has 3 aromatic rings. The van der Waals surface area contributed by atoms with Gasteiger partial charge in [0.05, 0.1) is 17.9 Å². The predicted molar refractivity (Wildman–Crippen MR) is 122 cm³/mol. The average Bonchev–Trinajstić information content (AvgIpc) is 3.16. The maximum absolute atomic E-state index is 12.4. The Morgan fingerprint density at radius 1 is 1.17 bits per heavy atom. The quantitative estimate of drug-likeness (QED) is 0.375. The molecule has 0 atom stereocenters. The first-order valence-corrected chi connectivity index (χ1v) is 10.9. The van der Waals surface area contributed by atoms with E-state index in [1.54, 1.807) is 6.08 Å². The van der Waals surface area contributed by atoms with Crippen molar-refractivity contribution < 1.29 is 9.53 Å². The van der Waals surface area contributed by atoms with Gasteiger partial charge in [-0.15, -0.1) is 16.8 Å². The standard InChI is InChI=1S/C23H26N4O2S/c1-4-15-27-22(19-9-7-8-10-20(19)29-6-3)25-26-23(27)30-16-21(28)24-18-13-11-17(5-2)12-14-18/h4,7-14H,1,5-6,15-16H2,2-3H3,(H,24,28). The monoisotopic (exact) mass is 422 g/mol. The molecule has 0 radical (unpaired) electrons. The Kier molecular flexibility index (Phi) is 7.68. The minimum Gasteiger partial charge on any atom is -0.493 e. The second kappa shape index (κ2) is 10.6. The molecule has 0 saturated heterocycles. The van der Waals surface area contributed by atoms with Crippen molar-refractivity contribution in [3.8, 4) is 17.1 Å². The second-order valence-corrected chi connectivity index (χ2v) is 7.46. The van der Waals surface area contributed by atoms with Crippen LogP contribution in [0.4, 0.5) is 5.69 Å². The topological polar surface area (TPSA) is 69.0 Å². The fraction of sp³-hybridized carbons (Fsp3) is 0.261. The lowest BCUT2D eigenvalue weighted by Crippen LogP contribution is -2.14. The van der Waals surface area contributed by atoms with Crippen LogP contribution in [0, 0.1) is 0 Å². The van der Waals surface area contributed by atoms with Gasteiger partial charge in [-0.2, -0.15) is 0 Å². The molecule has 2 aromatic carbocycles. The summed E-state index contributed by atoms with van der Waals surface area (Å²) in [5.41, 5.74) is 2.89. The van der Waals surface area contributed by atoms with Gasteiger partial charge in [-0.05, 0) is 43.2 Å². The highest BCUT2D eigenvalue weighted by Gasteiger charge is 2.17. The maximum atomic E-state index is 12.4. The third kappa shape index (κ3) is 5.30. The number of carbonyl (C=O) groups is 1. The lowest BCUT2D eigenvalue weighted by molar-refractivity contribution is -0.113. The zero-order valence-corrected chi connectivity index (χ0v) is 18.1. The van der Waals surface area contributed by atoms with E-state index in [9.17, 15) is 4.79 Å². The van der Waals surface area contributed by atoms with Crippen molar-refractivity contribution in [2.24, 2.45) is 0 Å². The molecule has 1 N–H and O–H groups in total. The number of ether oxygens (including phenoxy) is 1. The van der Waals surface area contributed by atoms with Crippen LogP contribution < -0.4 is 10.1 Å². The number of hydrogen-bond acceptors (Lipinski definition) is 5. The van der Waals surface area contributed by atoms with Crippen molar-refractivity contribution in [2.75, 3.05) is 17.7 Å². The maximum Gasteiger partial charge on any atom is 0.234 e. The molecule has 30 heavy (non-hydrogen) atoms. The van der Waals surface area contributed by atoms with E-state index in [0.29, 0.717) is 24.1 Å². The molecule has 6 nitrogen and oxygen atoms in total. The van der Waals surface area contributed by atoms with Crippen LogP contribution in [0.3, 0.4) is 0 Å². The van der Waals surface area contributed by atoms with Crippen LogP contribution in [0.5, 0.6) is 5.75 Å². The van der Waals surface area contributed by atoms with Gasteiger partial charge in [0.25, 0.3) is 0 Å². The summed E-state index contributed by atoms with van der Waals surface area (Å²) in [5.74, 6) is 1.59. The summed E-state index contributed by atoms with van der Waals surface area (Å²) in [6.45, 7) is 8.98. The van der Waals surface area contributed by atoms with Crippen molar-refractivity contribution in [2.45, 2.75) is 32.0 Å². The molecule has 0 aliphatic rings. The summed E-state index contributed by atoms with van der Waals surface area (Å²) in [5, 5.41) is 12.3. The molecule has 156 valence electrons. The number of aryl methyl sites for hydroxylation is 1. The van der Waals surface area contributed by atoms with Gasteiger partial charge < -0.3 is 10.1 Å². The van der Waals surface area contributed by atoms with E-state index < -0.39 is 0 Å². The Morgan fingerprint density at radius 3 is 2.63 bits per heavy atom. The number of allylic oxidation sites excluding steroid dienone is 1. The number of anilines is 1. The molecule has 0 aliphatic heterocycles. The summed E-state index contributed by atoms with van der Waals surface area (Å²) >= 11 is 1.35. The number of para-hydroxylation sites is 1. The summed E-state index contributed by atoms with van der Waals surface area (Å²) in [4.78, 5) is 12.4. The number of nitrogens with zero attached hydrogens (tertiary/aromatic N) is 3. The van der Waals surface area contributed by atoms with Gasteiger partial charge in [-0.25, -0.2) is 0 Å². The highest BCUT2D eigenvalue weighted by molar-refractivity contribution is 7.99. The molecule has 1 heterocycles. The van der Waals surface area contributed by atoms with Crippen LogP contribution in [0.25, 0.3) is 11.4 Å². The highest BCUT2D eigenvalue weighted by atomic mass is 32.2. The number of carbonyl (C=O) groups excluding carboxylic acids is 1. The average molecular weight is 423 g/mol. The van der Waals surface area contributed by atoms with E-state index in [4.69, 9.17) is 4.74 Å². The van der Waals surface area contributed by atoms with Crippen molar-refractivity contribution in [1.82, 2.24) is 14.8 Å². The smallest absolute Gasteiger partial charge is 0.234 e. The summed E-state index contributed by atoms with van der Waals surface area (Å²) < 4.78 is 7.68. The van der Waals surface area contributed by atoms with E-state index >= 15 is 0 Å². The third-order valence-electron chi connectivity index (χ3n) is 4.43. The fourth-order valence-corrected chi connectivity index (χ4v) is 3.72. The van der Waals surface area contributed by atoms with Gasteiger partial charge in [0.1, 0.15) is 5.75 Å². The lowest BCUT2D eigenvalue weighted by Gasteiger charge is -2.11. The largest absolute Gasteiger partial charge is 0.493 e. The first-order valence-electron chi connectivity index (χ1n) is 9.94. The van der Waals surface area contributed by atoms with Crippen LogP contribution in [0.1, 0.15) is 19.4 Å². The zero-order valence-electron chi connectivity index (χ0n) is 17.3. The minimum absolute atomic E-state index is 0.0892. The van der Waals surface area contributed by atoms with Crippen LogP contribution in [0.15, 0.2) is 66.3 Å². The number of benzene rings is 2. The van der Waals surface area contributed by atoms with Crippen molar-refractivity contribution in [3.63, 3.8) is 0 Å². The molecule has 1 amide bonds. The summed E-state index contributed by atoms with van der Waals surface area (Å²) in [6.07, 6.45) is 2.76. The van der Waals surface area contributed by atoms with E-state index in [0.717, 1.165) is 23.4 Å². The molecular formula is C23H26N4O2S. The minimum atomic E-state index is -0.0892. The number of aromatic nitrogens is 3. The van der Waals surface area contributed by atoms with Gasteiger partial charge in [-0.1, -0.05) is 49.0 Å². The van der Waals surface area contributed by atoms with Crippen LogP contribution >= 0.6 is 11.8 Å². The zero-order chi connectivity index (χ0) is 21.3. The molecule has 0 fully saturated rings. The molecule has 7 heteroatoms. The fourth-order valence-electron chi connectivity index (χ4n) is 2.97. The van der Waals surface area contributed by atoms with Crippen molar-refractivity contribution in [3.05, 3.63) is 66.7 Å². The SMILES string of the molecule is C=CCn1c(SCC(=O)Nc2ccc(CC)cc2)nnc1-c1ccccc1OCC. The van der Waals surface area contributed by atoms with Gasteiger partial charge in [0, 0.05) is 12.2 Å². The molecule has 0 saturated carbocycles. The molecule has 3 rings (SSSR count). The van der Waals surface area contributed by atoms with Gasteiger partial charge in [0.2, 0.25) is 5.91 Å². The van der Waals surface area contributed by atoms with Gasteiger partial charge in [0.15, 0.2) is 11.0 Å². The summed E-state index contributed by atoms with van der Waals surface area (Å²) in [6, 6.07) is 15.6. The Balaban J connectivity index is 1.73.